The molecule has 4 rings (SSSR count). The second-order valence-corrected chi connectivity index (χ2v) is 7.28. The van der Waals surface area contributed by atoms with Gasteiger partial charge in [0.1, 0.15) is 5.82 Å². The molecule has 2 amide bonds. The SMILES string of the molecule is COC(=O)c1cc(NNC(=O)NC2CCc3ccc(-c4ccccc4)cc32)ccc1F. The van der Waals surface area contributed by atoms with Gasteiger partial charge in [-0.05, 0) is 59.4 Å². The first-order chi connectivity index (χ1) is 15.0. The Kier molecular flexibility index (Phi) is 5.84. The number of nitrogens with one attached hydrogen (secondary N) is 3. The molecule has 158 valence electrons. The number of aryl methyl sites for hydroxylation is 1. The summed E-state index contributed by atoms with van der Waals surface area (Å²) in [5.41, 5.74) is 9.92. The monoisotopic (exact) mass is 419 g/mol. The lowest BCUT2D eigenvalue weighted by Gasteiger charge is -2.17. The number of rotatable bonds is 5. The van der Waals surface area contributed by atoms with Crippen molar-refractivity contribution >= 4 is 17.7 Å². The van der Waals surface area contributed by atoms with Crippen LogP contribution in [0.1, 0.15) is 33.9 Å². The summed E-state index contributed by atoms with van der Waals surface area (Å²) in [6.07, 6.45) is 1.70. The third kappa shape index (κ3) is 4.50. The third-order valence-electron chi connectivity index (χ3n) is 5.33. The number of urea groups is 1. The Bertz CT molecular complexity index is 1120. The summed E-state index contributed by atoms with van der Waals surface area (Å²) in [7, 11) is 1.18. The maximum atomic E-state index is 13.7. The van der Waals surface area contributed by atoms with Crippen molar-refractivity contribution in [2.75, 3.05) is 12.5 Å². The van der Waals surface area contributed by atoms with Crippen LogP contribution >= 0.6 is 0 Å². The van der Waals surface area contributed by atoms with E-state index in [0.29, 0.717) is 5.69 Å². The molecular formula is C24H22FN3O3. The van der Waals surface area contributed by atoms with Gasteiger partial charge in [0, 0.05) is 0 Å². The molecule has 0 saturated carbocycles. The van der Waals surface area contributed by atoms with E-state index in [0.717, 1.165) is 35.6 Å². The molecule has 0 aliphatic heterocycles. The summed E-state index contributed by atoms with van der Waals surface area (Å²) >= 11 is 0. The fraction of sp³-hybridized carbons (Fsp3) is 0.167. The van der Waals surface area contributed by atoms with Crippen LogP contribution in [0.4, 0.5) is 14.9 Å². The van der Waals surface area contributed by atoms with E-state index in [1.807, 2.05) is 18.2 Å². The minimum absolute atomic E-state index is 0.112. The zero-order valence-electron chi connectivity index (χ0n) is 16.9. The highest BCUT2D eigenvalue weighted by atomic mass is 19.1. The minimum Gasteiger partial charge on any atom is -0.465 e. The number of hydrazine groups is 1. The molecule has 0 aromatic heterocycles. The largest absolute Gasteiger partial charge is 0.465 e. The number of hydrogen-bond donors (Lipinski definition) is 3. The standard InChI is InChI=1S/C24H22FN3O3/c1-31-23(29)20-14-18(10-11-21(20)25)27-28-24(30)26-22-12-9-16-7-8-17(13-19(16)22)15-5-3-2-4-6-15/h2-8,10-11,13-14,22,27H,9,12H2,1H3,(H2,26,28,30). The molecule has 0 saturated heterocycles. The number of ether oxygens (including phenoxy) is 1. The van der Waals surface area contributed by atoms with Crippen LogP contribution in [-0.4, -0.2) is 19.1 Å². The van der Waals surface area contributed by atoms with Crippen molar-refractivity contribution < 1.29 is 18.7 Å². The first kappa shape index (κ1) is 20.4. The highest BCUT2D eigenvalue weighted by molar-refractivity contribution is 5.90. The van der Waals surface area contributed by atoms with Crippen molar-refractivity contribution in [2.24, 2.45) is 0 Å². The Balaban J connectivity index is 1.41. The molecule has 0 heterocycles. The van der Waals surface area contributed by atoms with Crippen molar-refractivity contribution in [3.8, 4) is 11.1 Å². The second kappa shape index (κ2) is 8.87. The Morgan fingerprint density at radius 1 is 1.00 bits per heavy atom. The Morgan fingerprint density at radius 2 is 1.81 bits per heavy atom. The van der Waals surface area contributed by atoms with Gasteiger partial charge in [-0.15, -0.1) is 0 Å². The number of carbonyl (C=O) groups is 2. The van der Waals surface area contributed by atoms with Crippen molar-refractivity contribution in [2.45, 2.75) is 18.9 Å². The van der Waals surface area contributed by atoms with E-state index < -0.39 is 17.8 Å². The molecule has 1 aliphatic carbocycles. The lowest BCUT2D eigenvalue weighted by atomic mass is 9.99. The Hall–Kier alpha value is -3.87. The van der Waals surface area contributed by atoms with Crippen molar-refractivity contribution in [3.63, 3.8) is 0 Å². The van der Waals surface area contributed by atoms with E-state index >= 15 is 0 Å². The fourth-order valence-corrected chi connectivity index (χ4v) is 3.76. The number of anilines is 1. The zero-order valence-corrected chi connectivity index (χ0v) is 16.9. The summed E-state index contributed by atoms with van der Waals surface area (Å²) in [4.78, 5) is 24.0. The van der Waals surface area contributed by atoms with Crippen molar-refractivity contribution in [1.82, 2.24) is 10.7 Å². The topological polar surface area (TPSA) is 79.5 Å². The highest BCUT2D eigenvalue weighted by Gasteiger charge is 2.24. The maximum Gasteiger partial charge on any atom is 0.340 e. The smallest absolute Gasteiger partial charge is 0.340 e. The van der Waals surface area contributed by atoms with E-state index in [4.69, 9.17) is 0 Å². The molecule has 3 aromatic carbocycles. The van der Waals surface area contributed by atoms with Gasteiger partial charge in [-0.2, -0.15) is 0 Å². The van der Waals surface area contributed by atoms with Gasteiger partial charge in [0.2, 0.25) is 0 Å². The number of benzene rings is 3. The maximum absolute atomic E-state index is 13.7. The van der Waals surface area contributed by atoms with E-state index in [2.05, 4.69) is 51.2 Å². The molecule has 31 heavy (non-hydrogen) atoms. The van der Waals surface area contributed by atoms with Gasteiger partial charge < -0.3 is 10.1 Å². The summed E-state index contributed by atoms with van der Waals surface area (Å²) < 4.78 is 18.3. The highest BCUT2D eigenvalue weighted by Crippen LogP contribution is 2.34. The average molecular weight is 419 g/mol. The van der Waals surface area contributed by atoms with Crippen LogP contribution in [0.2, 0.25) is 0 Å². The molecule has 3 N–H and O–H groups in total. The van der Waals surface area contributed by atoms with Crippen LogP contribution in [0.5, 0.6) is 0 Å². The summed E-state index contributed by atoms with van der Waals surface area (Å²) in [5, 5.41) is 2.97. The normalized spacial score (nSPS) is 14.5. The molecule has 0 fully saturated rings. The van der Waals surface area contributed by atoms with Crippen LogP contribution in [0, 0.1) is 5.82 Å². The molecule has 6 nitrogen and oxygen atoms in total. The molecule has 1 unspecified atom stereocenters. The lowest BCUT2D eigenvalue weighted by molar-refractivity contribution is 0.0595. The summed E-state index contributed by atoms with van der Waals surface area (Å²) in [5.74, 6) is -1.49. The van der Waals surface area contributed by atoms with Crippen molar-refractivity contribution in [3.05, 3.63) is 89.2 Å². The van der Waals surface area contributed by atoms with Crippen LogP contribution in [-0.2, 0) is 11.2 Å². The number of carbonyl (C=O) groups excluding carboxylic acids is 2. The molecule has 1 aliphatic rings. The number of fused-ring (bicyclic) bond motifs is 1. The van der Waals surface area contributed by atoms with Crippen LogP contribution in [0.25, 0.3) is 11.1 Å². The second-order valence-electron chi connectivity index (χ2n) is 7.28. The van der Waals surface area contributed by atoms with E-state index in [9.17, 15) is 14.0 Å². The van der Waals surface area contributed by atoms with E-state index in [-0.39, 0.29) is 11.6 Å². The first-order valence-electron chi connectivity index (χ1n) is 9.94. The predicted octanol–water partition coefficient (Wildman–Crippen LogP) is 4.59. The summed E-state index contributed by atoms with van der Waals surface area (Å²) in [6.45, 7) is 0. The molecule has 1 atom stereocenters. The number of hydrogen-bond acceptors (Lipinski definition) is 4. The average Bonchev–Trinajstić information content (AvgIpc) is 3.20. The summed E-state index contributed by atoms with van der Waals surface area (Å²) in [6, 6.07) is 19.7. The fourth-order valence-electron chi connectivity index (χ4n) is 3.76. The van der Waals surface area contributed by atoms with Gasteiger partial charge in [0.15, 0.2) is 0 Å². The molecule has 0 bridgehead atoms. The van der Waals surface area contributed by atoms with Gasteiger partial charge in [-0.3, -0.25) is 10.9 Å². The Labute approximate surface area is 179 Å². The lowest BCUT2D eigenvalue weighted by Crippen LogP contribution is -2.40. The molecular weight excluding hydrogens is 397 g/mol. The van der Waals surface area contributed by atoms with Crippen LogP contribution in [0.3, 0.4) is 0 Å². The van der Waals surface area contributed by atoms with Crippen LogP contribution in [0.15, 0.2) is 66.7 Å². The van der Waals surface area contributed by atoms with Gasteiger partial charge in [-0.1, -0.05) is 42.5 Å². The van der Waals surface area contributed by atoms with Gasteiger partial charge >= 0.3 is 12.0 Å². The van der Waals surface area contributed by atoms with Gasteiger partial charge in [-0.25, -0.2) is 14.0 Å². The minimum atomic E-state index is -0.789. The molecule has 0 spiro atoms. The predicted molar refractivity (Wildman–Crippen MR) is 116 cm³/mol. The quantitative estimate of drug-likeness (QED) is 0.417. The molecule has 7 heteroatoms. The Morgan fingerprint density at radius 3 is 2.58 bits per heavy atom. The number of esters is 1. The van der Waals surface area contributed by atoms with Gasteiger partial charge in [0.05, 0.1) is 24.4 Å². The van der Waals surface area contributed by atoms with Crippen LogP contribution < -0.4 is 16.2 Å². The third-order valence-corrected chi connectivity index (χ3v) is 5.33. The van der Waals surface area contributed by atoms with E-state index in [1.165, 1.54) is 24.8 Å². The number of amides is 2. The zero-order chi connectivity index (χ0) is 21.8. The van der Waals surface area contributed by atoms with Gasteiger partial charge in [0.25, 0.3) is 0 Å². The van der Waals surface area contributed by atoms with E-state index in [1.54, 1.807) is 0 Å². The van der Waals surface area contributed by atoms with Crippen molar-refractivity contribution in [1.29, 1.82) is 0 Å². The molecule has 0 radical (unpaired) electrons. The first-order valence-corrected chi connectivity index (χ1v) is 9.94. The number of methoxy groups -OCH3 is 1. The number of halogens is 1. The molecule has 3 aromatic rings.